The zero-order chi connectivity index (χ0) is 14.4. The van der Waals surface area contributed by atoms with Gasteiger partial charge in [0.1, 0.15) is 0 Å². The Morgan fingerprint density at radius 2 is 1.70 bits per heavy atom. The van der Waals surface area contributed by atoms with E-state index in [1.54, 1.807) is 0 Å². The van der Waals surface area contributed by atoms with Crippen LogP contribution in [-0.4, -0.2) is 44.3 Å². The number of rotatable bonds is 6. The summed E-state index contributed by atoms with van der Waals surface area (Å²) < 4.78 is 11.2. The molecule has 0 aromatic heterocycles. The topological polar surface area (TPSA) is 33.7 Å². The van der Waals surface area contributed by atoms with Crippen LogP contribution in [0.1, 0.15) is 19.4 Å². The molecule has 1 aliphatic heterocycles. The fourth-order valence-electron chi connectivity index (χ4n) is 2.35. The van der Waals surface area contributed by atoms with Crippen molar-refractivity contribution in [2.45, 2.75) is 20.4 Å². The summed E-state index contributed by atoms with van der Waals surface area (Å²) in [6.45, 7) is 10.2. The van der Waals surface area contributed by atoms with Crippen LogP contribution in [0.3, 0.4) is 0 Å². The summed E-state index contributed by atoms with van der Waals surface area (Å²) >= 11 is 6.38. The van der Waals surface area contributed by atoms with Crippen molar-refractivity contribution in [3.8, 4) is 11.5 Å². The molecule has 0 aliphatic carbocycles. The Kier molecular flexibility index (Phi) is 5.95. The lowest BCUT2D eigenvalue weighted by atomic mass is 10.1. The van der Waals surface area contributed by atoms with E-state index >= 15 is 0 Å². The van der Waals surface area contributed by atoms with Gasteiger partial charge >= 0.3 is 0 Å². The van der Waals surface area contributed by atoms with Crippen molar-refractivity contribution >= 4 is 11.6 Å². The monoisotopic (exact) mass is 298 g/mol. The van der Waals surface area contributed by atoms with Crippen molar-refractivity contribution in [3.63, 3.8) is 0 Å². The predicted octanol–water partition coefficient (Wildman–Crippen LogP) is 2.54. The molecule has 1 aromatic rings. The van der Waals surface area contributed by atoms with E-state index in [1.807, 2.05) is 26.0 Å². The van der Waals surface area contributed by atoms with Crippen molar-refractivity contribution in [1.82, 2.24) is 10.2 Å². The van der Waals surface area contributed by atoms with Crippen LogP contribution in [0, 0.1) is 0 Å². The van der Waals surface area contributed by atoms with Crippen molar-refractivity contribution in [1.29, 1.82) is 0 Å². The first kappa shape index (κ1) is 15.4. The second kappa shape index (κ2) is 7.72. The highest BCUT2D eigenvalue weighted by Gasteiger charge is 2.15. The smallest absolute Gasteiger partial charge is 0.162 e. The molecular formula is C15H23ClN2O2. The van der Waals surface area contributed by atoms with Gasteiger partial charge in [-0.3, -0.25) is 4.90 Å². The summed E-state index contributed by atoms with van der Waals surface area (Å²) in [4.78, 5) is 2.40. The molecule has 0 amide bonds. The molecule has 1 saturated heterocycles. The molecule has 1 aromatic carbocycles. The molecule has 0 saturated carbocycles. The zero-order valence-corrected chi connectivity index (χ0v) is 13.0. The first-order chi connectivity index (χ1) is 9.74. The molecule has 0 atom stereocenters. The first-order valence-corrected chi connectivity index (χ1v) is 7.63. The van der Waals surface area contributed by atoms with E-state index in [0.29, 0.717) is 13.2 Å². The highest BCUT2D eigenvalue weighted by atomic mass is 35.5. The van der Waals surface area contributed by atoms with Crippen LogP contribution in [0.2, 0.25) is 5.02 Å². The average molecular weight is 299 g/mol. The molecule has 4 nitrogen and oxygen atoms in total. The second-order valence-electron chi connectivity index (χ2n) is 4.78. The van der Waals surface area contributed by atoms with Gasteiger partial charge in [0.05, 0.1) is 13.2 Å². The van der Waals surface area contributed by atoms with Crippen molar-refractivity contribution in [2.24, 2.45) is 0 Å². The molecule has 1 aliphatic rings. The highest BCUT2D eigenvalue weighted by molar-refractivity contribution is 6.31. The molecule has 0 radical (unpaired) electrons. The summed E-state index contributed by atoms with van der Waals surface area (Å²) in [5.41, 5.74) is 1.10. The van der Waals surface area contributed by atoms with Gasteiger partial charge in [0, 0.05) is 43.8 Å². The number of nitrogens with one attached hydrogen (secondary N) is 1. The van der Waals surface area contributed by atoms with Gasteiger partial charge < -0.3 is 14.8 Å². The summed E-state index contributed by atoms with van der Waals surface area (Å²) in [5, 5.41) is 4.10. The number of nitrogens with zero attached hydrogens (tertiary/aromatic N) is 1. The third kappa shape index (κ3) is 4.01. The maximum Gasteiger partial charge on any atom is 0.162 e. The lowest BCUT2D eigenvalue weighted by Gasteiger charge is -2.27. The van der Waals surface area contributed by atoms with Crippen LogP contribution >= 0.6 is 11.6 Å². The minimum absolute atomic E-state index is 0.605. The van der Waals surface area contributed by atoms with Gasteiger partial charge in [-0.15, -0.1) is 0 Å². The van der Waals surface area contributed by atoms with Gasteiger partial charge in [0.25, 0.3) is 0 Å². The van der Waals surface area contributed by atoms with E-state index in [9.17, 15) is 0 Å². The fourth-order valence-corrected chi connectivity index (χ4v) is 2.56. The van der Waals surface area contributed by atoms with Crippen LogP contribution in [0.4, 0.5) is 0 Å². The van der Waals surface area contributed by atoms with Crippen molar-refractivity contribution < 1.29 is 9.47 Å². The van der Waals surface area contributed by atoms with E-state index in [-0.39, 0.29) is 0 Å². The number of piperazine rings is 1. The lowest BCUT2D eigenvalue weighted by Crippen LogP contribution is -2.42. The molecule has 1 fully saturated rings. The Balaban J connectivity index is 2.16. The zero-order valence-electron chi connectivity index (χ0n) is 12.2. The summed E-state index contributed by atoms with van der Waals surface area (Å²) in [6, 6.07) is 3.88. The fraction of sp³-hybridized carbons (Fsp3) is 0.600. The van der Waals surface area contributed by atoms with Gasteiger partial charge in [-0.25, -0.2) is 0 Å². The molecule has 112 valence electrons. The van der Waals surface area contributed by atoms with E-state index in [1.165, 1.54) is 0 Å². The van der Waals surface area contributed by atoms with Crippen LogP contribution in [0.5, 0.6) is 11.5 Å². The van der Waals surface area contributed by atoms with Gasteiger partial charge in [0.15, 0.2) is 11.5 Å². The number of hydrogen-bond acceptors (Lipinski definition) is 4. The lowest BCUT2D eigenvalue weighted by molar-refractivity contribution is 0.232. The molecule has 1 heterocycles. The Hall–Kier alpha value is -0.970. The number of hydrogen-bond donors (Lipinski definition) is 1. The van der Waals surface area contributed by atoms with E-state index in [4.69, 9.17) is 21.1 Å². The molecule has 0 bridgehead atoms. The molecule has 20 heavy (non-hydrogen) atoms. The van der Waals surface area contributed by atoms with E-state index in [2.05, 4.69) is 10.2 Å². The Morgan fingerprint density at radius 1 is 1.10 bits per heavy atom. The molecule has 1 N–H and O–H groups in total. The Bertz CT molecular complexity index is 434. The molecule has 0 unspecified atom stereocenters. The predicted molar refractivity (Wildman–Crippen MR) is 81.9 cm³/mol. The Labute approximate surface area is 126 Å². The molecule has 5 heteroatoms. The summed E-state index contributed by atoms with van der Waals surface area (Å²) in [6.07, 6.45) is 0. The van der Waals surface area contributed by atoms with Crippen LogP contribution in [-0.2, 0) is 6.54 Å². The van der Waals surface area contributed by atoms with Crippen LogP contribution in [0.15, 0.2) is 12.1 Å². The highest BCUT2D eigenvalue weighted by Crippen LogP contribution is 2.34. The maximum atomic E-state index is 6.38. The quantitative estimate of drug-likeness (QED) is 0.875. The van der Waals surface area contributed by atoms with Crippen molar-refractivity contribution in [2.75, 3.05) is 39.4 Å². The van der Waals surface area contributed by atoms with Gasteiger partial charge in [0.2, 0.25) is 0 Å². The van der Waals surface area contributed by atoms with Crippen LogP contribution < -0.4 is 14.8 Å². The number of benzene rings is 1. The second-order valence-corrected chi connectivity index (χ2v) is 5.19. The van der Waals surface area contributed by atoms with Crippen molar-refractivity contribution in [3.05, 3.63) is 22.7 Å². The maximum absolute atomic E-state index is 6.38. The van der Waals surface area contributed by atoms with Gasteiger partial charge in [-0.1, -0.05) is 11.6 Å². The van der Waals surface area contributed by atoms with Gasteiger partial charge in [-0.05, 0) is 25.5 Å². The molecule has 2 rings (SSSR count). The third-order valence-corrected chi connectivity index (χ3v) is 3.67. The third-order valence-electron chi connectivity index (χ3n) is 3.32. The average Bonchev–Trinajstić information content (AvgIpc) is 2.45. The molecule has 0 spiro atoms. The van der Waals surface area contributed by atoms with Gasteiger partial charge in [-0.2, -0.15) is 0 Å². The number of halogens is 1. The van der Waals surface area contributed by atoms with E-state index < -0.39 is 0 Å². The minimum Gasteiger partial charge on any atom is -0.490 e. The Morgan fingerprint density at radius 3 is 2.30 bits per heavy atom. The molecular weight excluding hydrogens is 276 g/mol. The largest absolute Gasteiger partial charge is 0.490 e. The van der Waals surface area contributed by atoms with Crippen LogP contribution in [0.25, 0.3) is 0 Å². The normalized spacial score (nSPS) is 16.1. The summed E-state index contributed by atoms with van der Waals surface area (Å²) in [7, 11) is 0. The standard InChI is InChI=1S/C15H23ClN2O2/c1-3-19-14-9-12(11-18-7-5-17-6-8-18)13(16)10-15(14)20-4-2/h9-10,17H,3-8,11H2,1-2H3. The summed E-state index contributed by atoms with van der Waals surface area (Å²) in [5.74, 6) is 1.51. The van der Waals surface area contributed by atoms with E-state index in [0.717, 1.165) is 54.8 Å². The number of ether oxygens (including phenoxy) is 2. The SMILES string of the molecule is CCOc1cc(Cl)c(CN2CCNCC2)cc1OCC. The minimum atomic E-state index is 0.605. The first-order valence-electron chi connectivity index (χ1n) is 7.25.